The summed E-state index contributed by atoms with van der Waals surface area (Å²) in [5, 5.41) is 3.43. The van der Waals surface area contributed by atoms with Crippen LogP contribution in [0, 0.1) is 13.8 Å². The van der Waals surface area contributed by atoms with E-state index in [4.69, 9.17) is 9.97 Å². The van der Waals surface area contributed by atoms with E-state index in [0.29, 0.717) is 0 Å². The Hall–Kier alpha value is -1.90. The number of nitrogens with one attached hydrogen (secondary N) is 1. The molecule has 0 bridgehead atoms. The van der Waals surface area contributed by atoms with Gasteiger partial charge in [0.1, 0.15) is 5.82 Å². The van der Waals surface area contributed by atoms with Crippen molar-refractivity contribution in [3.8, 4) is 11.4 Å². The minimum absolute atomic E-state index is 0.865. The fourth-order valence-electron chi connectivity index (χ4n) is 3.09. The van der Waals surface area contributed by atoms with E-state index in [2.05, 4.69) is 44.3 Å². The molecule has 0 atom stereocenters. The van der Waals surface area contributed by atoms with Crippen LogP contribution in [0.15, 0.2) is 18.2 Å². The number of fused-ring (bicyclic) bond motifs is 1. The summed E-state index contributed by atoms with van der Waals surface area (Å²) in [6.45, 7) is 7.27. The Morgan fingerprint density at radius 2 is 1.90 bits per heavy atom. The summed E-state index contributed by atoms with van der Waals surface area (Å²) in [7, 11) is 0. The van der Waals surface area contributed by atoms with Gasteiger partial charge < -0.3 is 5.32 Å². The van der Waals surface area contributed by atoms with Gasteiger partial charge in [-0.05, 0) is 52.0 Å². The van der Waals surface area contributed by atoms with Gasteiger partial charge in [-0.25, -0.2) is 9.97 Å². The van der Waals surface area contributed by atoms with Crippen LogP contribution in [0.4, 0.5) is 5.82 Å². The highest BCUT2D eigenvalue weighted by molar-refractivity contribution is 5.64. The van der Waals surface area contributed by atoms with Gasteiger partial charge in [0.25, 0.3) is 0 Å². The van der Waals surface area contributed by atoms with E-state index in [1.54, 1.807) is 0 Å². The van der Waals surface area contributed by atoms with Crippen molar-refractivity contribution in [1.82, 2.24) is 9.97 Å². The molecule has 0 amide bonds. The average Bonchev–Trinajstić information content (AvgIpc) is 2.47. The van der Waals surface area contributed by atoms with Gasteiger partial charge >= 0.3 is 0 Å². The molecule has 3 rings (SSSR count). The van der Waals surface area contributed by atoms with Crippen molar-refractivity contribution >= 4 is 5.82 Å². The van der Waals surface area contributed by atoms with Crippen molar-refractivity contribution in [2.75, 3.05) is 11.9 Å². The Morgan fingerprint density at radius 3 is 2.67 bits per heavy atom. The molecule has 3 nitrogen and oxygen atoms in total. The molecule has 2 aromatic rings. The van der Waals surface area contributed by atoms with Gasteiger partial charge in [-0.1, -0.05) is 23.8 Å². The van der Waals surface area contributed by atoms with Crippen molar-refractivity contribution in [2.45, 2.75) is 46.5 Å². The van der Waals surface area contributed by atoms with E-state index in [1.807, 2.05) is 0 Å². The molecule has 0 fully saturated rings. The lowest BCUT2D eigenvalue weighted by Crippen LogP contribution is -2.13. The number of benzene rings is 1. The Balaban J connectivity index is 2.12. The summed E-state index contributed by atoms with van der Waals surface area (Å²) in [6, 6.07) is 6.48. The maximum atomic E-state index is 4.87. The standard InChI is InChI=1S/C18H23N3/c1-4-19-17-15-7-5-6-8-16(15)20-18(21-17)14-10-9-12(2)11-13(14)3/h9-11H,4-8H2,1-3H3,(H,19,20,21). The van der Waals surface area contributed by atoms with Crippen LogP contribution >= 0.6 is 0 Å². The molecular formula is C18H23N3. The smallest absolute Gasteiger partial charge is 0.162 e. The predicted molar refractivity (Wildman–Crippen MR) is 87.7 cm³/mol. The minimum Gasteiger partial charge on any atom is -0.370 e. The average molecular weight is 281 g/mol. The Kier molecular flexibility index (Phi) is 3.91. The first-order chi connectivity index (χ1) is 10.2. The maximum Gasteiger partial charge on any atom is 0.162 e. The lowest BCUT2D eigenvalue weighted by Gasteiger charge is -2.20. The summed E-state index contributed by atoms with van der Waals surface area (Å²) in [5.74, 6) is 1.90. The molecule has 0 saturated carbocycles. The normalized spacial score (nSPS) is 13.9. The third-order valence-electron chi connectivity index (χ3n) is 4.15. The fourth-order valence-corrected chi connectivity index (χ4v) is 3.09. The Labute approximate surface area is 126 Å². The van der Waals surface area contributed by atoms with Gasteiger partial charge in [0.15, 0.2) is 5.82 Å². The SMILES string of the molecule is CCNc1nc(-c2ccc(C)cc2C)nc2c1CCCC2. The third-order valence-corrected chi connectivity index (χ3v) is 4.15. The molecule has 1 aliphatic rings. The van der Waals surface area contributed by atoms with Crippen LogP contribution in [0.5, 0.6) is 0 Å². The summed E-state index contributed by atoms with van der Waals surface area (Å²) >= 11 is 0. The van der Waals surface area contributed by atoms with Crippen molar-refractivity contribution in [2.24, 2.45) is 0 Å². The van der Waals surface area contributed by atoms with Crippen LogP contribution in [0.3, 0.4) is 0 Å². The van der Waals surface area contributed by atoms with E-state index < -0.39 is 0 Å². The molecule has 0 radical (unpaired) electrons. The molecule has 21 heavy (non-hydrogen) atoms. The van der Waals surface area contributed by atoms with Crippen molar-refractivity contribution in [3.63, 3.8) is 0 Å². The van der Waals surface area contributed by atoms with Gasteiger partial charge in [-0.3, -0.25) is 0 Å². The topological polar surface area (TPSA) is 37.8 Å². The zero-order chi connectivity index (χ0) is 14.8. The monoisotopic (exact) mass is 281 g/mol. The van der Waals surface area contributed by atoms with Gasteiger partial charge in [0.05, 0.1) is 0 Å². The van der Waals surface area contributed by atoms with Crippen LogP contribution in [-0.4, -0.2) is 16.5 Å². The molecule has 1 heterocycles. The molecule has 110 valence electrons. The first-order valence-corrected chi connectivity index (χ1v) is 7.90. The summed E-state index contributed by atoms with van der Waals surface area (Å²) in [6.07, 6.45) is 4.67. The van der Waals surface area contributed by atoms with Crippen molar-refractivity contribution in [3.05, 3.63) is 40.6 Å². The van der Waals surface area contributed by atoms with Crippen LogP contribution < -0.4 is 5.32 Å². The van der Waals surface area contributed by atoms with Crippen LogP contribution in [-0.2, 0) is 12.8 Å². The first kappa shape index (κ1) is 14.1. The first-order valence-electron chi connectivity index (χ1n) is 7.90. The Morgan fingerprint density at radius 1 is 1.10 bits per heavy atom. The fraction of sp³-hybridized carbons (Fsp3) is 0.444. The second-order valence-electron chi connectivity index (χ2n) is 5.88. The van der Waals surface area contributed by atoms with E-state index in [1.165, 1.54) is 35.2 Å². The predicted octanol–water partition coefficient (Wildman–Crippen LogP) is 4.07. The van der Waals surface area contributed by atoms with Crippen molar-refractivity contribution in [1.29, 1.82) is 0 Å². The van der Waals surface area contributed by atoms with E-state index in [9.17, 15) is 0 Å². The number of hydrogen-bond acceptors (Lipinski definition) is 3. The number of anilines is 1. The number of hydrogen-bond donors (Lipinski definition) is 1. The highest BCUT2D eigenvalue weighted by atomic mass is 15.0. The molecule has 1 aromatic carbocycles. The second kappa shape index (κ2) is 5.84. The molecule has 0 saturated heterocycles. The van der Waals surface area contributed by atoms with E-state index in [-0.39, 0.29) is 0 Å². The summed E-state index contributed by atoms with van der Waals surface area (Å²) in [5.41, 5.74) is 6.24. The lowest BCUT2D eigenvalue weighted by molar-refractivity contribution is 0.664. The highest BCUT2D eigenvalue weighted by Gasteiger charge is 2.18. The number of aryl methyl sites for hydroxylation is 3. The van der Waals surface area contributed by atoms with Gasteiger partial charge in [0, 0.05) is 23.4 Å². The lowest BCUT2D eigenvalue weighted by atomic mass is 9.95. The van der Waals surface area contributed by atoms with E-state index >= 15 is 0 Å². The largest absolute Gasteiger partial charge is 0.370 e. The quantitative estimate of drug-likeness (QED) is 0.921. The second-order valence-corrected chi connectivity index (χ2v) is 5.88. The number of nitrogens with zero attached hydrogens (tertiary/aromatic N) is 2. The molecule has 1 aromatic heterocycles. The van der Waals surface area contributed by atoms with Gasteiger partial charge in [-0.2, -0.15) is 0 Å². The summed E-state index contributed by atoms with van der Waals surface area (Å²) in [4.78, 5) is 9.68. The summed E-state index contributed by atoms with van der Waals surface area (Å²) < 4.78 is 0. The molecule has 1 aliphatic carbocycles. The highest BCUT2D eigenvalue weighted by Crippen LogP contribution is 2.29. The van der Waals surface area contributed by atoms with Crippen LogP contribution in [0.1, 0.15) is 42.1 Å². The molecule has 0 aliphatic heterocycles. The molecule has 3 heteroatoms. The molecule has 0 spiro atoms. The molecule has 1 N–H and O–H groups in total. The Bertz CT molecular complexity index is 662. The minimum atomic E-state index is 0.865. The van der Waals surface area contributed by atoms with Gasteiger partial charge in [-0.15, -0.1) is 0 Å². The number of aromatic nitrogens is 2. The third kappa shape index (κ3) is 2.78. The van der Waals surface area contributed by atoms with Crippen molar-refractivity contribution < 1.29 is 0 Å². The zero-order valence-corrected chi connectivity index (χ0v) is 13.2. The maximum absolute atomic E-state index is 4.87. The van der Waals surface area contributed by atoms with Crippen LogP contribution in [0.25, 0.3) is 11.4 Å². The zero-order valence-electron chi connectivity index (χ0n) is 13.2. The van der Waals surface area contributed by atoms with Crippen LogP contribution in [0.2, 0.25) is 0 Å². The van der Waals surface area contributed by atoms with Gasteiger partial charge in [0.2, 0.25) is 0 Å². The molecular weight excluding hydrogens is 258 g/mol. The van der Waals surface area contributed by atoms with E-state index in [0.717, 1.165) is 36.6 Å². The number of rotatable bonds is 3. The molecule has 0 unspecified atom stereocenters.